The van der Waals surface area contributed by atoms with E-state index in [0.29, 0.717) is 13.0 Å². The van der Waals surface area contributed by atoms with Gasteiger partial charge in [0.15, 0.2) is 0 Å². The summed E-state index contributed by atoms with van der Waals surface area (Å²) in [4.78, 5) is 14.5. The third-order valence-corrected chi connectivity index (χ3v) is 4.31. The smallest absolute Gasteiger partial charge is 0.220 e. The Morgan fingerprint density at radius 3 is 2.25 bits per heavy atom. The first-order chi connectivity index (χ1) is 9.65. The molecule has 0 radical (unpaired) electrons. The van der Waals surface area contributed by atoms with Crippen molar-refractivity contribution >= 4 is 5.91 Å². The van der Waals surface area contributed by atoms with E-state index in [0.717, 1.165) is 38.9 Å². The monoisotopic (exact) mass is 283 g/mol. The third kappa shape index (κ3) is 5.80. The average Bonchev–Trinajstić information content (AvgIpc) is 2.88. The molecule has 3 N–H and O–H groups in total. The molecule has 1 rings (SSSR count). The molecule has 1 amide bonds. The molecular formula is C16H33N3O. The van der Waals surface area contributed by atoms with Gasteiger partial charge in [-0.15, -0.1) is 0 Å². The van der Waals surface area contributed by atoms with Crippen molar-refractivity contribution in [3.63, 3.8) is 0 Å². The molecule has 0 unspecified atom stereocenters. The number of rotatable bonds is 10. The number of carbonyl (C=O) groups excluding carboxylic acids is 1. The van der Waals surface area contributed by atoms with Crippen molar-refractivity contribution in [1.82, 2.24) is 10.2 Å². The molecule has 0 spiro atoms. The fraction of sp³-hybridized carbons (Fsp3) is 0.938. The molecule has 0 aliphatic heterocycles. The fourth-order valence-electron chi connectivity index (χ4n) is 3.22. The maximum absolute atomic E-state index is 12.1. The molecule has 0 bridgehead atoms. The Hall–Kier alpha value is -0.610. The van der Waals surface area contributed by atoms with Crippen LogP contribution in [0.3, 0.4) is 0 Å². The van der Waals surface area contributed by atoms with Gasteiger partial charge in [0.25, 0.3) is 0 Å². The van der Waals surface area contributed by atoms with Gasteiger partial charge in [-0.25, -0.2) is 0 Å². The molecule has 4 heteroatoms. The van der Waals surface area contributed by atoms with Crippen molar-refractivity contribution < 1.29 is 4.79 Å². The second kappa shape index (κ2) is 9.35. The number of hydrogen-bond donors (Lipinski definition) is 2. The van der Waals surface area contributed by atoms with E-state index in [1.165, 1.54) is 25.7 Å². The summed E-state index contributed by atoms with van der Waals surface area (Å²) in [6.45, 7) is 8.31. The van der Waals surface area contributed by atoms with Gasteiger partial charge in [-0.2, -0.15) is 0 Å². The zero-order valence-electron chi connectivity index (χ0n) is 13.4. The lowest BCUT2D eigenvalue weighted by atomic mass is 9.97. The van der Waals surface area contributed by atoms with Crippen LogP contribution in [0.2, 0.25) is 0 Å². The van der Waals surface area contributed by atoms with Crippen LogP contribution in [0.4, 0.5) is 0 Å². The normalized spacial score (nSPS) is 17.6. The highest BCUT2D eigenvalue weighted by molar-refractivity contribution is 5.76. The standard InChI is InChI=1S/C16H33N3O/c1-3-11-19(12-4-2)13-7-8-15(20)18-16(14-17)9-5-6-10-16/h3-14,17H2,1-2H3,(H,18,20). The lowest BCUT2D eigenvalue weighted by Gasteiger charge is -2.29. The number of nitrogens with zero attached hydrogens (tertiary/aromatic N) is 1. The molecule has 1 aliphatic rings. The summed E-state index contributed by atoms with van der Waals surface area (Å²) in [7, 11) is 0. The molecule has 0 heterocycles. The van der Waals surface area contributed by atoms with E-state index in [1.54, 1.807) is 0 Å². The Bertz CT molecular complexity index is 269. The van der Waals surface area contributed by atoms with Crippen LogP contribution >= 0.6 is 0 Å². The molecule has 4 nitrogen and oxygen atoms in total. The summed E-state index contributed by atoms with van der Waals surface area (Å²) in [6.07, 6.45) is 8.43. The Labute approximate surface area is 124 Å². The second-order valence-corrected chi connectivity index (χ2v) is 6.18. The van der Waals surface area contributed by atoms with Crippen molar-refractivity contribution in [3.05, 3.63) is 0 Å². The first-order valence-electron chi connectivity index (χ1n) is 8.39. The minimum Gasteiger partial charge on any atom is -0.349 e. The van der Waals surface area contributed by atoms with Crippen molar-refractivity contribution in [2.75, 3.05) is 26.2 Å². The van der Waals surface area contributed by atoms with Crippen molar-refractivity contribution in [1.29, 1.82) is 0 Å². The van der Waals surface area contributed by atoms with E-state index in [-0.39, 0.29) is 11.4 Å². The van der Waals surface area contributed by atoms with Gasteiger partial charge in [0.2, 0.25) is 5.91 Å². The third-order valence-electron chi connectivity index (χ3n) is 4.31. The zero-order valence-corrected chi connectivity index (χ0v) is 13.4. The minimum atomic E-state index is -0.0936. The van der Waals surface area contributed by atoms with Crippen molar-refractivity contribution in [2.45, 2.75) is 70.8 Å². The number of carbonyl (C=O) groups is 1. The summed E-state index contributed by atoms with van der Waals surface area (Å²) >= 11 is 0. The predicted octanol–water partition coefficient (Wildman–Crippen LogP) is 2.28. The molecule has 0 aromatic carbocycles. The van der Waals surface area contributed by atoms with E-state index in [1.807, 2.05) is 0 Å². The molecule has 0 aromatic rings. The van der Waals surface area contributed by atoms with Crippen molar-refractivity contribution in [2.24, 2.45) is 5.73 Å². The zero-order chi connectivity index (χ0) is 14.8. The SMILES string of the molecule is CCCN(CCC)CCCC(=O)NC1(CN)CCCC1. The summed E-state index contributed by atoms with van der Waals surface area (Å²) < 4.78 is 0. The number of nitrogens with one attached hydrogen (secondary N) is 1. The van der Waals surface area contributed by atoms with Crippen LogP contribution < -0.4 is 11.1 Å². The van der Waals surface area contributed by atoms with Crippen LogP contribution in [0.5, 0.6) is 0 Å². The maximum Gasteiger partial charge on any atom is 0.220 e. The van der Waals surface area contributed by atoms with Crippen molar-refractivity contribution in [3.8, 4) is 0 Å². The Morgan fingerprint density at radius 2 is 1.75 bits per heavy atom. The lowest BCUT2D eigenvalue weighted by molar-refractivity contribution is -0.123. The Balaban J connectivity index is 2.25. The van der Waals surface area contributed by atoms with Gasteiger partial charge >= 0.3 is 0 Å². The highest BCUT2D eigenvalue weighted by atomic mass is 16.1. The summed E-state index contributed by atoms with van der Waals surface area (Å²) in [6, 6.07) is 0. The molecule has 1 aliphatic carbocycles. The molecule has 1 fully saturated rings. The fourth-order valence-corrected chi connectivity index (χ4v) is 3.22. The van der Waals surface area contributed by atoms with E-state index in [4.69, 9.17) is 5.73 Å². The van der Waals surface area contributed by atoms with Crippen LogP contribution in [0.15, 0.2) is 0 Å². The molecule has 1 saturated carbocycles. The van der Waals surface area contributed by atoms with Crippen LogP contribution in [0.1, 0.15) is 65.2 Å². The van der Waals surface area contributed by atoms with E-state index >= 15 is 0 Å². The molecule has 0 atom stereocenters. The van der Waals surface area contributed by atoms with E-state index in [2.05, 4.69) is 24.1 Å². The van der Waals surface area contributed by atoms with Crippen LogP contribution in [0.25, 0.3) is 0 Å². The first kappa shape index (κ1) is 17.4. The molecular weight excluding hydrogens is 250 g/mol. The predicted molar refractivity (Wildman–Crippen MR) is 84.7 cm³/mol. The lowest BCUT2D eigenvalue weighted by Crippen LogP contribution is -2.51. The number of amides is 1. The maximum atomic E-state index is 12.1. The topological polar surface area (TPSA) is 58.4 Å². The van der Waals surface area contributed by atoms with Crippen LogP contribution in [-0.2, 0) is 4.79 Å². The quantitative estimate of drug-likeness (QED) is 0.646. The van der Waals surface area contributed by atoms with Crippen LogP contribution in [-0.4, -0.2) is 42.5 Å². The van der Waals surface area contributed by atoms with Gasteiger partial charge in [-0.05, 0) is 51.7 Å². The van der Waals surface area contributed by atoms with Crippen LogP contribution in [0, 0.1) is 0 Å². The molecule has 20 heavy (non-hydrogen) atoms. The largest absolute Gasteiger partial charge is 0.349 e. The highest BCUT2D eigenvalue weighted by Gasteiger charge is 2.33. The van der Waals surface area contributed by atoms with Gasteiger partial charge in [0.05, 0.1) is 5.54 Å². The highest BCUT2D eigenvalue weighted by Crippen LogP contribution is 2.28. The minimum absolute atomic E-state index is 0.0936. The average molecular weight is 283 g/mol. The number of nitrogens with two attached hydrogens (primary N) is 1. The Kier molecular flexibility index (Phi) is 8.15. The van der Waals surface area contributed by atoms with Gasteiger partial charge < -0.3 is 16.0 Å². The molecule has 118 valence electrons. The van der Waals surface area contributed by atoms with E-state index < -0.39 is 0 Å². The van der Waals surface area contributed by atoms with Gasteiger partial charge in [-0.1, -0.05) is 26.7 Å². The van der Waals surface area contributed by atoms with Gasteiger partial charge in [-0.3, -0.25) is 4.79 Å². The molecule has 0 saturated heterocycles. The second-order valence-electron chi connectivity index (χ2n) is 6.18. The summed E-state index contributed by atoms with van der Waals surface area (Å²) in [5, 5.41) is 3.20. The molecule has 0 aromatic heterocycles. The first-order valence-corrected chi connectivity index (χ1v) is 8.39. The number of hydrogen-bond acceptors (Lipinski definition) is 3. The summed E-state index contributed by atoms with van der Waals surface area (Å²) in [5.41, 5.74) is 5.76. The van der Waals surface area contributed by atoms with Gasteiger partial charge in [0.1, 0.15) is 0 Å². The van der Waals surface area contributed by atoms with E-state index in [9.17, 15) is 4.79 Å². The summed E-state index contributed by atoms with van der Waals surface area (Å²) in [5.74, 6) is 0.185. The van der Waals surface area contributed by atoms with Gasteiger partial charge in [0, 0.05) is 13.0 Å². The Morgan fingerprint density at radius 1 is 1.15 bits per heavy atom.